The fourth-order valence-corrected chi connectivity index (χ4v) is 4.51. The number of hydrogen-bond donors (Lipinski definition) is 3. The monoisotopic (exact) mass is 501 g/mol. The highest BCUT2D eigenvalue weighted by Gasteiger charge is 2.23. The fourth-order valence-electron chi connectivity index (χ4n) is 4.51. The Hall–Kier alpha value is -3.58. The number of rotatable bonds is 7. The lowest BCUT2D eigenvalue weighted by Gasteiger charge is -2.23. The molecule has 0 fully saturated rings. The average Bonchev–Trinajstić information content (AvgIpc) is 2.89. The van der Waals surface area contributed by atoms with Crippen molar-refractivity contribution < 1.29 is 0 Å². The second-order valence-corrected chi connectivity index (χ2v) is 9.14. The van der Waals surface area contributed by atoms with E-state index in [1.165, 1.54) is 11.1 Å². The number of aryl methyl sites for hydroxylation is 1. The second-order valence-electron chi connectivity index (χ2n) is 9.14. The van der Waals surface area contributed by atoms with Crippen molar-refractivity contribution in [2.45, 2.75) is 46.5 Å². The van der Waals surface area contributed by atoms with Crippen molar-refractivity contribution in [3.05, 3.63) is 59.3 Å². The average molecular weight is 502 g/mol. The molecule has 0 radical (unpaired) electrons. The number of fused-ring (bicyclic) bond motifs is 3. The quantitative estimate of drug-likeness (QED) is 0.365. The summed E-state index contributed by atoms with van der Waals surface area (Å²) in [4.78, 5) is 14.9. The lowest BCUT2D eigenvalue weighted by atomic mass is 9.85. The van der Waals surface area contributed by atoms with Crippen molar-refractivity contribution in [3.63, 3.8) is 0 Å². The first-order chi connectivity index (χ1) is 17.8. The number of anilines is 1. The van der Waals surface area contributed by atoms with Crippen LogP contribution in [-0.2, 0) is 12.8 Å². The summed E-state index contributed by atoms with van der Waals surface area (Å²) in [5, 5.41) is 12.6. The Bertz CT molecular complexity index is 1230. The molecule has 0 spiro atoms. The summed E-state index contributed by atoms with van der Waals surface area (Å²) in [6, 6.07) is 8.45. The molecule has 0 saturated heterocycles. The molecular weight excluding hydrogens is 458 g/mol. The Kier molecular flexibility index (Phi) is 11.4. The molecule has 0 atom stereocenters. The summed E-state index contributed by atoms with van der Waals surface area (Å²) in [6.07, 6.45) is 5.87. The zero-order valence-corrected chi connectivity index (χ0v) is 23.4. The number of nitrogens with two attached hydrogens (primary N) is 1. The Morgan fingerprint density at radius 2 is 1.73 bits per heavy atom. The minimum Gasteiger partial charge on any atom is -0.397 e. The number of nitrogens with one attached hydrogen (secondary N) is 2. The second kappa shape index (κ2) is 14.2. The van der Waals surface area contributed by atoms with Gasteiger partial charge in [0, 0.05) is 48.1 Å². The number of pyridine rings is 2. The van der Waals surface area contributed by atoms with Gasteiger partial charge in [0.15, 0.2) is 5.65 Å². The molecule has 4 N–H and O–H groups in total. The van der Waals surface area contributed by atoms with Crippen molar-refractivity contribution in [3.8, 4) is 11.3 Å². The Labute approximate surface area is 222 Å². The van der Waals surface area contributed by atoms with Gasteiger partial charge in [0.2, 0.25) is 0 Å². The summed E-state index contributed by atoms with van der Waals surface area (Å²) in [7, 11) is 5.76. The van der Waals surface area contributed by atoms with E-state index in [4.69, 9.17) is 16.1 Å². The first-order valence-corrected chi connectivity index (χ1v) is 13.0. The molecule has 0 aliphatic heterocycles. The zero-order chi connectivity index (χ0) is 27.5. The topological polar surface area (TPSA) is 103 Å². The highest BCUT2D eigenvalue weighted by atomic mass is 15.1. The highest BCUT2D eigenvalue weighted by molar-refractivity contribution is 6.12. The van der Waals surface area contributed by atoms with Gasteiger partial charge in [0.05, 0.1) is 17.6 Å². The third kappa shape index (κ3) is 7.23. The van der Waals surface area contributed by atoms with Crippen LogP contribution in [0.2, 0.25) is 0 Å². The maximum atomic E-state index is 8.28. The molecule has 7 heteroatoms. The van der Waals surface area contributed by atoms with Gasteiger partial charge in [-0.05, 0) is 70.1 Å². The van der Waals surface area contributed by atoms with E-state index in [0.717, 1.165) is 72.2 Å². The van der Waals surface area contributed by atoms with E-state index in [1.54, 1.807) is 20.2 Å². The summed E-state index contributed by atoms with van der Waals surface area (Å²) >= 11 is 0. The van der Waals surface area contributed by atoms with Crippen LogP contribution >= 0.6 is 0 Å². The van der Waals surface area contributed by atoms with E-state index in [0.29, 0.717) is 17.0 Å². The standard InChI is InChI=1S/C26H32N6.C2H5N.C2H6/c1-16(27)23-22(28)15-30-26-24(23)20-7-5-6-8-21(20)25(31-26)19-11-9-18(10-12-19)17(2)29-13-14-32(3)4;1-3-2;1-2/h9-12,15,27,29H,2,5-8,13-14,28H2,1,3-4H3;1H2,2H3;1-2H3. The van der Waals surface area contributed by atoms with Crippen LogP contribution in [0, 0.1) is 5.41 Å². The summed E-state index contributed by atoms with van der Waals surface area (Å²) in [6.45, 7) is 14.9. The molecule has 0 amide bonds. The maximum absolute atomic E-state index is 8.28. The molecule has 0 unspecified atom stereocenters. The van der Waals surface area contributed by atoms with Crippen LogP contribution in [0.25, 0.3) is 28.0 Å². The number of hydrogen-bond acceptors (Lipinski definition) is 7. The normalized spacial score (nSPS) is 12.0. The number of benzene rings is 1. The predicted molar refractivity (Wildman–Crippen MR) is 161 cm³/mol. The number of likely N-dealkylation sites (N-methyl/N-ethyl adjacent to an activating group) is 1. The van der Waals surface area contributed by atoms with Gasteiger partial charge in [-0.2, -0.15) is 0 Å². The van der Waals surface area contributed by atoms with Gasteiger partial charge in [-0.1, -0.05) is 44.7 Å². The van der Waals surface area contributed by atoms with Crippen LogP contribution in [0.5, 0.6) is 0 Å². The fraction of sp³-hybridized carbons (Fsp3) is 0.400. The molecule has 2 aromatic heterocycles. The summed E-state index contributed by atoms with van der Waals surface area (Å²) in [5.74, 6) is 0. The Morgan fingerprint density at radius 1 is 1.14 bits per heavy atom. The highest BCUT2D eigenvalue weighted by Crippen LogP contribution is 2.37. The van der Waals surface area contributed by atoms with E-state index in [-0.39, 0.29) is 0 Å². The molecule has 1 aromatic carbocycles. The van der Waals surface area contributed by atoms with Gasteiger partial charge in [0.25, 0.3) is 0 Å². The largest absolute Gasteiger partial charge is 0.397 e. The minimum atomic E-state index is 0.460. The van der Waals surface area contributed by atoms with Gasteiger partial charge in [-0.3, -0.25) is 0 Å². The molecule has 1 aliphatic rings. The summed E-state index contributed by atoms with van der Waals surface area (Å²) < 4.78 is 0. The predicted octanol–water partition coefficient (Wildman–Crippen LogP) is 5.61. The molecule has 7 nitrogen and oxygen atoms in total. The van der Waals surface area contributed by atoms with Crippen LogP contribution in [0.4, 0.5) is 5.69 Å². The van der Waals surface area contributed by atoms with E-state index >= 15 is 0 Å². The van der Waals surface area contributed by atoms with Crippen molar-refractivity contribution in [1.29, 1.82) is 5.41 Å². The molecule has 37 heavy (non-hydrogen) atoms. The molecule has 198 valence electrons. The van der Waals surface area contributed by atoms with Gasteiger partial charge < -0.3 is 26.4 Å². The number of nitrogen functional groups attached to an aromatic ring is 1. The molecule has 0 bridgehead atoms. The molecular formula is C30H43N7. The zero-order valence-electron chi connectivity index (χ0n) is 23.4. The Balaban J connectivity index is 0.000000898. The molecule has 1 aliphatic carbocycles. The molecule has 4 rings (SSSR count). The minimum absolute atomic E-state index is 0.460. The summed E-state index contributed by atoms with van der Waals surface area (Å²) in [5.41, 5.74) is 15.3. The van der Waals surface area contributed by atoms with Gasteiger partial charge >= 0.3 is 0 Å². The lowest BCUT2D eigenvalue weighted by molar-refractivity contribution is 0.411. The van der Waals surface area contributed by atoms with E-state index in [1.807, 2.05) is 13.8 Å². The lowest BCUT2D eigenvalue weighted by Crippen LogP contribution is -2.25. The van der Waals surface area contributed by atoms with Gasteiger partial charge in [0.1, 0.15) is 0 Å². The van der Waals surface area contributed by atoms with E-state index in [2.05, 4.69) is 71.9 Å². The first kappa shape index (κ1) is 29.6. The third-order valence-electron chi connectivity index (χ3n) is 6.14. The van der Waals surface area contributed by atoms with Crippen molar-refractivity contribution in [1.82, 2.24) is 20.2 Å². The molecule has 0 saturated carbocycles. The molecule has 2 heterocycles. The third-order valence-corrected chi connectivity index (χ3v) is 6.14. The van der Waals surface area contributed by atoms with Crippen molar-refractivity contribution in [2.24, 2.45) is 4.99 Å². The van der Waals surface area contributed by atoms with Gasteiger partial charge in [-0.15, -0.1) is 0 Å². The van der Waals surface area contributed by atoms with Crippen LogP contribution < -0.4 is 11.1 Å². The van der Waals surface area contributed by atoms with Crippen LogP contribution in [-0.4, -0.2) is 61.5 Å². The van der Waals surface area contributed by atoms with E-state index in [9.17, 15) is 0 Å². The van der Waals surface area contributed by atoms with Crippen LogP contribution in [0.1, 0.15) is 55.9 Å². The van der Waals surface area contributed by atoms with Crippen molar-refractivity contribution in [2.75, 3.05) is 40.0 Å². The van der Waals surface area contributed by atoms with E-state index < -0.39 is 0 Å². The number of nitrogens with zero attached hydrogens (tertiary/aromatic N) is 4. The number of aromatic nitrogens is 2. The first-order valence-electron chi connectivity index (χ1n) is 13.0. The smallest absolute Gasteiger partial charge is 0.160 e. The van der Waals surface area contributed by atoms with Crippen LogP contribution in [0.15, 0.2) is 42.0 Å². The maximum Gasteiger partial charge on any atom is 0.160 e. The Morgan fingerprint density at radius 3 is 2.30 bits per heavy atom. The SMILES string of the molecule is C=C(NCCN(C)C)c1ccc(-c2nc3ncc(N)c(C(C)=N)c3c3c2CCCC3)cc1.C=NC.CC. The van der Waals surface area contributed by atoms with Gasteiger partial charge in [-0.25, -0.2) is 9.97 Å². The molecule has 3 aromatic rings. The van der Waals surface area contributed by atoms with Crippen LogP contribution in [0.3, 0.4) is 0 Å². The number of aliphatic imine (C=N–C) groups is 1. The van der Waals surface area contributed by atoms with Crippen molar-refractivity contribution >= 4 is 34.8 Å².